The van der Waals surface area contributed by atoms with Crippen molar-refractivity contribution in [3.63, 3.8) is 0 Å². The molecule has 1 aliphatic heterocycles. The molecule has 0 amide bonds. The molecule has 1 aromatic rings. The average molecular weight is 349 g/mol. The topological polar surface area (TPSA) is 49.4 Å². The molecule has 1 N–H and O–H groups in total. The molecule has 120 valence electrons. The lowest BCUT2D eigenvalue weighted by Crippen LogP contribution is -2.41. The Morgan fingerprint density at radius 2 is 2.24 bits per heavy atom. The van der Waals surface area contributed by atoms with Crippen LogP contribution in [0.25, 0.3) is 0 Å². The van der Waals surface area contributed by atoms with E-state index in [1.54, 1.807) is 4.31 Å². The van der Waals surface area contributed by atoms with Gasteiger partial charge in [-0.3, -0.25) is 0 Å². The highest BCUT2D eigenvalue weighted by molar-refractivity contribution is 8.00. The highest BCUT2D eigenvalue weighted by Gasteiger charge is 2.30. The van der Waals surface area contributed by atoms with Gasteiger partial charge in [-0.1, -0.05) is 20.8 Å². The SMILES string of the molecule is CCC1CN(S(=O)(=O)c2cc(CNC(C)C)cs2)CCS1. The first-order valence-electron chi connectivity index (χ1n) is 7.36. The molecule has 0 aliphatic carbocycles. The fourth-order valence-electron chi connectivity index (χ4n) is 2.19. The number of sulfonamides is 1. The molecular formula is C14H24N2O2S3. The van der Waals surface area contributed by atoms with Gasteiger partial charge >= 0.3 is 0 Å². The van der Waals surface area contributed by atoms with Crippen LogP contribution < -0.4 is 5.32 Å². The summed E-state index contributed by atoms with van der Waals surface area (Å²) in [7, 11) is -3.31. The van der Waals surface area contributed by atoms with Crippen LogP contribution in [0.5, 0.6) is 0 Å². The van der Waals surface area contributed by atoms with Crippen LogP contribution >= 0.6 is 23.1 Å². The van der Waals surface area contributed by atoms with E-state index in [0.29, 0.717) is 28.6 Å². The van der Waals surface area contributed by atoms with Crippen molar-refractivity contribution in [2.45, 2.75) is 49.2 Å². The molecule has 1 unspecified atom stereocenters. The van der Waals surface area contributed by atoms with E-state index in [1.165, 1.54) is 11.3 Å². The predicted octanol–water partition coefficient (Wildman–Crippen LogP) is 2.76. The summed E-state index contributed by atoms with van der Waals surface area (Å²) in [6.07, 6.45) is 1.02. The van der Waals surface area contributed by atoms with Crippen LogP contribution in [-0.4, -0.2) is 42.9 Å². The maximum atomic E-state index is 12.7. The van der Waals surface area contributed by atoms with Crippen molar-refractivity contribution < 1.29 is 8.42 Å². The zero-order valence-corrected chi connectivity index (χ0v) is 15.3. The van der Waals surface area contributed by atoms with Gasteiger partial charge in [0.05, 0.1) is 0 Å². The zero-order valence-electron chi connectivity index (χ0n) is 12.8. The third kappa shape index (κ3) is 4.45. The lowest BCUT2D eigenvalue weighted by atomic mass is 10.3. The molecule has 0 radical (unpaired) electrons. The summed E-state index contributed by atoms with van der Waals surface area (Å²) >= 11 is 3.22. The molecule has 1 fully saturated rings. The molecule has 0 spiro atoms. The van der Waals surface area contributed by atoms with Crippen LogP contribution in [0.2, 0.25) is 0 Å². The van der Waals surface area contributed by atoms with Gasteiger partial charge < -0.3 is 5.32 Å². The minimum absolute atomic E-state index is 0.398. The van der Waals surface area contributed by atoms with Crippen LogP contribution in [-0.2, 0) is 16.6 Å². The van der Waals surface area contributed by atoms with Crippen LogP contribution in [0.3, 0.4) is 0 Å². The molecule has 0 bridgehead atoms. The molecule has 0 saturated carbocycles. The first-order chi connectivity index (χ1) is 9.93. The second-order valence-electron chi connectivity index (χ2n) is 5.57. The molecule has 1 aromatic heterocycles. The zero-order chi connectivity index (χ0) is 15.5. The van der Waals surface area contributed by atoms with E-state index >= 15 is 0 Å². The van der Waals surface area contributed by atoms with E-state index in [0.717, 1.165) is 24.3 Å². The van der Waals surface area contributed by atoms with Crippen LogP contribution in [0.1, 0.15) is 32.8 Å². The van der Waals surface area contributed by atoms with Gasteiger partial charge in [0, 0.05) is 36.7 Å². The van der Waals surface area contributed by atoms with Crippen LogP contribution in [0.4, 0.5) is 0 Å². The Labute approximate surface area is 136 Å². The smallest absolute Gasteiger partial charge is 0.252 e. The van der Waals surface area contributed by atoms with Gasteiger partial charge in [0.15, 0.2) is 0 Å². The monoisotopic (exact) mass is 348 g/mol. The molecule has 2 heterocycles. The summed E-state index contributed by atoms with van der Waals surface area (Å²) in [4.78, 5) is 0. The van der Waals surface area contributed by atoms with Gasteiger partial charge in [-0.2, -0.15) is 16.1 Å². The average Bonchev–Trinajstić information content (AvgIpc) is 2.95. The van der Waals surface area contributed by atoms with E-state index < -0.39 is 10.0 Å². The molecule has 1 saturated heterocycles. The Bertz CT molecular complexity index is 554. The van der Waals surface area contributed by atoms with Crippen molar-refractivity contribution in [2.24, 2.45) is 0 Å². The maximum Gasteiger partial charge on any atom is 0.252 e. The minimum Gasteiger partial charge on any atom is -0.310 e. The van der Waals surface area contributed by atoms with E-state index in [1.807, 2.05) is 23.2 Å². The Balaban J connectivity index is 2.08. The maximum absolute atomic E-state index is 12.7. The third-order valence-electron chi connectivity index (χ3n) is 3.50. The second kappa shape index (κ2) is 7.46. The van der Waals surface area contributed by atoms with E-state index in [2.05, 4.69) is 26.1 Å². The van der Waals surface area contributed by atoms with Gasteiger partial charge in [0.1, 0.15) is 4.21 Å². The van der Waals surface area contributed by atoms with Gasteiger partial charge in [-0.05, 0) is 23.4 Å². The fraction of sp³-hybridized carbons (Fsp3) is 0.714. The summed E-state index contributed by atoms with van der Waals surface area (Å²) in [6.45, 7) is 8.27. The van der Waals surface area contributed by atoms with Crippen molar-refractivity contribution in [3.8, 4) is 0 Å². The van der Waals surface area contributed by atoms with Gasteiger partial charge in [0.25, 0.3) is 10.0 Å². The predicted molar refractivity (Wildman–Crippen MR) is 91.6 cm³/mol. The highest BCUT2D eigenvalue weighted by atomic mass is 32.2. The molecular weight excluding hydrogens is 324 g/mol. The number of hydrogen-bond donors (Lipinski definition) is 1. The molecule has 21 heavy (non-hydrogen) atoms. The molecule has 2 rings (SSSR count). The normalized spacial score (nSPS) is 21.0. The highest BCUT2D eigenvalue weighted by Crippen LogP contribution is 2.29. The van der Waals surface area contributed by atoms with Crippen molar-refractivity contribution in [2.75, 3.05) is 18.8 Å². The molecule has 7 heteroatoms. The van der Waals surface area contributed by atoms with Crippen molar-refractivity contribution in [1.82, 2.24) is 9.62 Å². The third-order valence-corrected chi connectivity index (χ3v) is 8.20. The van der Waals surface area contributed by atoms with Gasteiger partial charge in [0.2, 0.25) is 0 Å². The van der Waals surface area contributed by atoms with E-state index in [-0.39, 0.29) is 0 Å². The van der Waals surface area contributed by atoms with E-state index in [4.69, 9.17) is 0 Å². The minimum atomic E-state index is -3.31. The number of nitrogens with zero attached hydrogens (tertiary/aromatic N) is 1. The first-order valence-corrected chi connectivity index (χ1v) is 10.7. The largest absolute Gasteiger partial charge is 0.310 e. The van der Waals surface area contributed by atoms with Crippen molar-refractivity contribution in [3.05, 3.63) is 17.0 Å². The van der Waals surface area contributed by atoms with Gasteiger partial charge in [-0.25, -0.2) is 8.42 Å². The lowest BCUT2D eigenvalue weighted by molar-refractivity contribution is 0.417. The van der Waals surface area contributed by atoms with Crippen molar-refractivity contribution >= 4 is 33.1 Å². The number of rotatable bonds is 6. The number of hydrogen-bond acceptors (Lipinski definition) is 5. The Morgan fingerprint density at radius 3 is 2.90 bits per heavy atom. The molecule has 1 aliphatic rings. The quantitative estimate of drug-likeness (QED) is 0.859. The Morgan fingerprint density at radius 1 is 1.48 bits per heavy atom. The number of thiophene rings is 1. The Kier molecular flexibility index (Phi) is 6.14. The number of thioether (sulfide) groups is 1. The summed E-state index contributed by atoms with van der Waals surface area (Å²) < 4.78 is 27.5. The summed E-state index contributed by atoms with van der Waals surface area (Å²) in [5.74, 6) is 0.894. The van der Waals surface area contributed by atoms with Gasteiger partial charge in [-0.15, -0.1) is 11.3 Å². The van der Waals surface area contributed by atoms with Crippen LogP contribution in [0.15, 0.2) is 15.7 Å². The molecule has 1 atom stereocenters. The lowest BCUT2D eigenvalue weighted by Gasteiger charge is -2.30. The van der Waals surface area contributed by atoms with Crippen molar-refractivity contribution in [1.29, 1.82) is 0 Å². The van der Waals surface area contributed by atoms with E-state index in [9.17, 15) is 8.42 Å². The Hall–Kier alpha value is -0.0800. The molecule has 4 nitrogen and oxygen atoms in total. The fourth-order valence-corrected chi connectivity index (χ4v) is 6.43. The first kappa shape index (κ1) is 17.3. The second-order valence-corrected chi connectivity index (χ2v) is 10.1. The summed E-state index contributed by atoms with van der Waals surface area (Å²) in [5.41, 5.74) is 1.05. The summed E-state index contributed by atoms with van der Waals surface area (Å²) in [6, 6.07) is 2.22. The standard InChI is InChI=1S/C14H24N2O2S3/c1-4-13-9-16(5-6-19-13)21(17,18)14-7-12(10-20-14)8-15-11(2)3/h7,10-11,13,15H,4-6,8-9H2,1-3H3. The summed E-state index contributed by atoms with van der Waals surface area (Å²) in [5, 5.41) is 5.69. The number of nitrogens with one attached hydrogen (secondary N) is 1. The van der Waals surface area contributed by atoms with Crippen LogP contribution in [0, 0.1) is 0 Å². The molecule has 0 aromatic carbocycles.